The van der Waals surface area contributed by atoms with Gasteiger partial charge in [-0.2, -0.15) is 0 Å². The molecule has 0 aromatic heterocycles. The van der Waals surface area contributed by atoms with Crippen LogP contribution in [0.15, 0.2) is 36.4 Å². The van der Waals surface area contributed by atoms with Gasteiger partial charge in [0.2, 0.25) is 0 Å². The minimum Gasteiger partial charge on any atom is -0.399 e. The van der Waals surface area contributed by atoms with Gasteiger partial charge < -0.3 is 16.0 Å². The summed E-state index contributed by atoms with van der Waals surface area (Å²) in [4.78, 5) is 14.0. The first kappa shape index (κ1) is 14.9. The summed E-state index contributed by atoms with van der Waals surface area (Å²) < 4.78 is 0. The number of carbonyl (C=O) groups is 1. The molecule has 4 nitrogen and oxygen atoms in total. The van der Waals surface area contributed by atoms with E-state index in [1.807, 2.05) is 18.0 Å². The fourth-order valence-corrected chi connectivity index (χ4v) is 2.44. The Hall–Kier alpha value is -2.49. The highest BCUT2D eigenvalue weighted by Gasteiger charge is 2.15. The molecule has 0 unspecified atom stereocenters. The first-order chi connectivity index (χ1) is 9.92. The lowest BCUT2D eigenvalue weighted by Crippen LogP contribution is -2.22. The maximum absolute atomic E-state index is 12.0. The van der Waals surface area contributed by atoms with Crippen LogP contribution in [0.1, 0.15) is 21.5 Å². The molecule has 0 saturated carbocycles. The van der Waals surface area contributed by atoms with Gasteiger partial charge in [-0.1, -0.05) is 6.07 Å². The topological polar surface area (TPSA) is 58.4 Å². The molecular formula is C17H21N3O. The molecule has 2 rings (SSSR count). The molecule has 1 amide bonds. The number of nitrogens with two attached hydrogens (primary N) is 1. The van der Waals surface area contributed by atoms with Crippen molar-refractivity contribution in [2.75, 3.05) is 24.7 Å². The van der Waals surface area contributed by atoms with Gasteiger partial charge in [0.05, 0.1) is 11.3 Å². The fourth-order valence-electron chi connectivity index (χ4n) is 2.44. The van der Waals surface area contributed by atoms with Crippen LogP contribution in [0.2, 0.25) is 0 Å². The van der Waals surface area contributed by atoms with Crippen molar-refractivity contribution < 1.29 is 4.79 Å². The highest BCUT2D eigenvalue weighted by Crippen LogP contribution is 2.30. The molecule has 0 bridgehead atoms. The van der Waals surface area contributed by atoms with Crippen molar-refractivity contribution in [2.45, 2.75) is 13.8 Å². The van der Waals surface area contributed by atoms with Crippen molar-refractivity contribution >= 4 is 23.0 Å². The molecule has 2 aromatic rings. The predicted octanol–water partition coefficient (Wildman–Crippen LogP) is 3.01. The Labute approximate surface area is 125 Å². The zero-order chi connectivity index (χ0) is 15.6. The predicted molar refractivity (Wildman–Crippen MR) is 88.2 cm³/mol. The second kappa shape index (κ2) is 5.87. The van der Waals surface area contributed by atoms with E-state index in [0.717, 1.165) is 11.4 Å². The summed E-state index contributed by atoms with van der Waals surface area (Å²) in [6.45, 7) is 4.12. The van der Waals surface area contributed by atoms with Crippen LogP contribution in [-0.4, -0.2) is 20.0 Å². The van der Waals surface area contributed by atoms with E-state index in [1.165, 1.54) is 11.1 Å². The number of amides is 1. The van der Waals surface area contributed by atoms with Gasteiger partial charge in [-0.25, -0.2) is 0 Å². The molecule has 0 aliphatic heterocycles. The number of nitrogen functional groups attached to an aromatic ring is 1. The minimum absolute atomic E-state index is 0.124. The summed E-state index contributed by atoms with van der Waals surface area (Å²) in [6.07, 6.45) is 0. The van der Waals surface area contributed by atoms with Crippen LogP contribution in [0, 0.1) is 13.8 Å². The van der Waals surface area contributed by atoms with E-state index in [2.05, 4.69) is 37.4 Å². The Morgan fingerprint density at radius 1 is 1.10 bits per heavy atom. The normalized spacial score (nSPS) is 10.3. The lowest BCUT2D eigenvalue weighted by molar-refractivity contribution is 0.0963. The van der Waals surface area contributed by atoms with Crippen molar-refractivity contribution in [1.29, 1.82) is 0 Å². The third kappa shape index (κ3) is 3.16. The van der Waals surface area contributed by atoms with Gasteiger partial charge in [-0.05, 0) is 55.3 Å². The van der Waals surface area contributed by atoms with Crippen molar-refractivity contribution in [3.8, 4) is 0 Å². The molecule has 4 heteroatoms. The monoisotopic (exact) mass is 283 g/mol. The number of hydrogen-bond acceptors (Lipinski definition) is 3. The van der Waals surface area contributed by atoms with E-state index >= 15 is 0 Å². The standard InChI is InChI=1S/C17H21N3O/c1-11-7-12(2)9-14(8-11)20(4)16-10-13(18)5-6-15(16)17(21)19-3/h5-10H,18H2,1-4H3,(H,19,21). The maximum atomic E-state index is 12.0. The second-order valence-corrected chi connectivity index (χ2v) is 5.26. The lowest BCUT2D eigenvalue weighted by atomic mass is 10.1. The Balaban J connectivity index is 2.53. The van der Waals surface area contributed by atoms with Crippen LogP contribution in [-0.2, 0) is 0 Å². The summed E-state index contributed by atoms with van der Waals surface area (Å²) in [5, 5.41) is 2.66. The van der Waals surface area contributed by atoms with Gasteiger partial charge in [-0.15, -0.1) is 0 Å². The molecule has 0 radical (unpaired) electrons. The number of nitrogens with one attached hydrogen (secondary N) is 1. The van der Waals surface area contributed by atoms with E-state index < -0.39 is 0 Å². The number of anilines is 3. The van der Waals surface area contributed by atoms with Crippen LogP contribution < -0.4 is 16.0 Å². The highest BCUT2D eigenvalue weighted by atomic mass is 16.1. The number of hydrogen-bond donors (Lipinski definition) is 2. The van der Waals surface area contributed by atoms with E-state index in [0.29, 0.717) is 11.3 Å². The average Bonchev–Trinajstić information content (AvgIpc) is 2.44. The fraction of sp³-hybridized carbons (Fsp3) is 0.235. The number of nitrogens with zero attached hydrogens (tertiary/aromatic N) is 1. The molecule has 0 saturated heterocycles. The molecule has 0 aliphatic carbocycles. The molecular weight excluding hydrogens is 262 g/mol. The van der Waals surface area contributed by atoms with Crippen LogP contribution in [0.3, 0.4) is 0 Å². The number of aryl methyl sites for hydroxylation is 2. The highest BCUT2D eigenvalue weighted by molar-refractivity contribution is 6.01. The Kier molecular flexibility index (Phi) is 4.17. The maximum Gasteiger partial charge on any atom is 0.253 e. The lowest BCUT2D eigenvalue weighted by Gasteiger charge is -2.23. The number of benzene rings is 2. The first-order valence-electron chi connectivity index (χ1n) is 6.86. The van der Waals surface area contributed by atoms with Crippen LogP contribution in [0.4, 0.5) is 17.1 Å². The molecule has 0 fully saturated rings. The van der Waals surface area contributed by atoms with Gasteiger partial charge in [0.1, 0.15) is 0 Å². The number of rotatable bonds is 3. The summed E-state index contributed by atoms with van der Waals surface area (Å²) in [5.74, 6) is -0.124. The van der Waals surface area contributed by atoms with Crippen molar-refractivity contribution in [2.24, 2.45) is 0 Å². The molecule has 0 atom stereocenters. The molecule has 3 N–H and O–H groups in total. The second-order valence-electron chi connectivity index (χ2n) is 5.26. The first-order valence-corrected chi connectivity index (χ1v) is 6.86. The van der Waals surface area contributed by atoms with Gasteiger partial charge in [-0.3, -0.25) is 4.79 Å². The summed E-state index contributed by atoms with van der Waals surface area (Å²) in [6, 6.07) is 11.6. The van der Waals surface area contributed by atoms with Gasteiger partial charge in [0.15, 0.2) is 0 Å². The van der Waals surface area contributed by atoms with Crippen LogP contribution in [0.25, 0.3) is 0 Å². The number of carbonyl (C=O) groups excluding carboxylic acids is 1. The van der Waals surface area contributed by atoms with E-state index in [-0.39, 0.29) is 5.91 Å². The van der Waals surface area contributed by atoms with Gasteiger partial charge in [0.25, 0.3) is 5.91 Å². The molecule has 110 valence electrons. The third-order valence-electron chi connectivity index (χ3n) is 3.45. The minimum atomic E-state index is -0.124. The molecule has 0 spiro atoms. The summed E-state index contributed by atoms with van der Waals surface area (Å²) in [5.41, 5.74) is 11.3. The largest absolute Gasteiger partial charge is 0.399 e. The molecule has 0 aliphatic rings. The van der Waals surface area contributed by atoms with E-state index in [4.69, 9.17) is 5.73 Å². The quantitative estimate of drug-likeness (QED) is 0.851. The summed E-state index contributed by atoms with van der Waals surface area (Å²) in [7, 11) is 3.56. The molecule has 21 heavy (non-hydrogen) atoms. The van der Waals surface area contributed by atoms with E-state index in [9.17, 15) is 4.79 Å². The average molecular weight is 283 g/mol. The van der Waals surface area contributed by atoms with E-state index in [1.54, 1.807) is 19.2 Å². The molecule has 0 heterocycles. The Bertz CT molecular complexity index is 659. The van der Waals surface area contributed by atoms with Gasteiger partial charge in [0, 0.05) is 25.5 Å². The smallest absolute Gasteiger partial charge is 0.253 e. The zero-order valence-electron chi connectivity index (χ0n) is 12.9. The Morgan fingerprint density at radius 2 is 1.71 bits per heavy atom. The van der Waals surface area contributed by atoms with Crippen LogP contribution in [0.5, 0.6) is 0 Å². The Morgan fingerprint density at radius 3 is 2.29 bits per heavy atom. The van der Waals surface area contributed by atoms with Gasteiger partial charge >= 0.3 is 0 Å². The zero-order valence-corrected chi connectivity index (χ0v) is 12.9. The molecule has 2 aromatic carbocycles. The third-order valence-corrected chi connectivity index (χ3v) is 3.45. The summed E-state index contributed by atoms with van der Waals surface area (Å²) >= 11 is 0. The van der Waals surface area contributed by atoms with Crippen molar-refractivity contribution in [3.05, 3.63) is 53.1 Å². The SMILES string of the molecule is CNC(=O)c1ccc(N)cc1N(C)c1cc(C)cc(C)c1. The van der Waals surface area contributed by atoms with Crippen LogP contribution >= 0.6 is 0 Å². The van der Waals surface area contributed by atoms with Crippen molar-refractivity contribution in [1.82, 2.24) is 5.32 Å². The van der Waals surface area contributed by atoms with Crippen molar-refractivity contribution in [3.63, 3.8) is 0 Å².